The predicted octanol–water partition coefficient (Wildman–Crippen LogP) is 4.45. The van der Waals surface area contributed by atoms with Crippen LogP contribution in [-0.2, 0) is 9.53 Å². The van der Waals surface area contributed by atoms with Crippen molar-refractivity contribution in [3.63, 3.8) is 0 Å². The van der Waals surface area contributed by atoms with Gasteiger partial charge in [-0.05, 0) is 44.4 Å². The van der Waals surface area contributed by atoms with Gasteiger partial charge in [0, 0.05) is 49.5 Å². The van der Waals surface area contributed by atoms with Gasteiger partial charge in [0.1, 0.15) is 6.73 Å². The van der Waals surface area contributed by atoms with Crippen LogP contribution in [0.4, 0.5) is 0 Å². The van der Waals surface area contributed by atoms with E-state index in [2.05, 4.69) is 10.2 Å². The molecule has 198 valence electrons. The first kappa shape index (κ1) is 26.1. The SMILES string of the molecule is COCNC(=O)[C@@H]1CCCN(C2CCN(C(=O)c3cc(-c4ccccc4)nc(-c4ccccc4)c3)CC2)C1. The number of carbonyl (C=O) groups is 2. The average Bonchev–Trinajstić information content (AvgIpc) is 3.00. The lowest BCUT2D eigenvalue weighted by Crippen LogP contribution is -2.51. The number of likely N-dealkylation sites (tertiary alicyclic amines) is 2. The molecule has 2 saturated heterocycles. The van der Waals surface area contributed by atoms with Crippen molar-refractivity contribution in [3.8, 4) is 22.5 Å². The van der Waals surface area contributed by atoms with Crippen LogP contribution in [0.3, 0.4) is 0 Å². The fourth-order valence-electron chi connectivity index (χ4n) is 5.62. The van der Waals surface area contributed by atoms with Gasteiger partial charge in [-0.1, -0.05) is 60.7 Å². The van der Waals surface area contributed by atoms with Crippen LogP contribution in [-0.4, -0.2) is 72.7 Å². The molecule has 2 aliphatic heterocycles. The summed E-state index contributed by atoms with van der Waals surface area (Å²) in [5, 5.41) is 2.85. The highest BCUT2D eigenvalue weighted by atomic mass is 16.5. The summed E-state index contributed by atoms with van der Waals surface area (Å²) in [4.78, 5) is 35.5. The Bertz CT molecular complexity index is 1170. The van der Waals surface area contributed by atoms with Crippen LogP contribution in [0.2, 0.25) is 0 Å². The van der Waals surface area contributed by atoms with Gasteiger partial charge < -0.3 is 15.0 Å². The molecule has 2 aromatic carbocycles. The van der Waals surface area contributed by atoms with Gasteiger partial charge in [-0.15, -0.1) is 0 Å². The molecule has 3 heterocycles. The van der Waals surface area contributed by atoms with E-state index in [1.54, 1.807) is 7.11 Å². The molecule has 5 rings (SSSR count). The number of benzene rings is 2. The molecular weight excluding hydrogens is 476 g/mol. The highest BCUT2D eigenvalue weighted by molar-refractivity contribution is 5.96. The minimum Gasteiger partial charge on any atom is -0.364 e. The molecule has 0 spiro atoms. The van der Waals surface area contributed by atoms with E-state index < -0.39 is 0 Å². The zero-order valence-electron chi connectivity index (χ0n) is 22.0. The van der Waals surface area contributed by atoms with E-state index in [1.165, 1.54) is 0 Å². The van der Waals surface area contributed by atoms with Crippen LogP contribution in [0.25, 0.3) is 22.5 Å². The monoisotopic (exact) mass is 512 g/mol. The van der Waals surface area contributed by atoms with Gasteiger partial charge in [0.05, 0.1) is 17.3 Å². The Morgan fingerprint density at radius 3 is 2.08 bits per heavy atom. The first-order valence-electron chi connectivity index (χ1n) is 13.6. The van der Waals surface area contributed by atoms with Gasteiger partial charge in [0.15, 0.2) is 0 Å². The number of rotatable bonds is 7. The Morgan fingerprint density at radius 1 is 0.895 bits per heavy atom. The van der Waals surface area contributed by atoms with Crippen molar-refractivity contribution in [1.82, 2.24) is 20.1 Å². The molecule has 1 atom stereocenters. The summed E-state index contributed by atoms with van der Waals surface area (Å²) in [5.74, 6) is 0.129. The molecule has 0 unspecified atom stereocenters. The molecule has 0 radical (unpaired) electrons. The first-order chi connectivity index (χ1) is 18.6. The maximum absolute atomic E-state index is 13.7. The van der Waals surface area contributed by atoms with E-state index in [9.17, 15) is 9.59 Å². The third kappa shape index (κ3) is 6.11. The van der Waals surface area contributed by atoms with Gasteiger partial charge in [-0.2, -0.15) is 0 Å². The number of ether oxygens (including phenoxy) is 1. The molecule has 2 fully saturated rings. The zero-order valence-corrected chi connectivity index (χ0v) is 22.0. The molecule has 7 nitrogen and oxygen atoms in total. The molecule has 38 heavy (non-hydrogen) atoms. The number of nitrogens with one attached hydrogen (secondary N) is 1. The highest BCUT2D eigenvalue weighted by Crippen LogP contribution is 2.28. The van der Waals surface area contributed by atoms with Crippen molar-refractivity contribution in [2.75, 3.05) is 40.0 Å². The largest absolute Gasteiger partial charge is 0.364 e. The maximum atomic E-state index is 13.7. The minimum atomic E-state index is 0.00296. The molecule has 1 aromatic heterocycles. The van der Waals surface area contributed by atoms with Gasteiger partial charge in [0.25, 0.3) is 5.91 Å². The summed E-state index contributed by atoms with van der Waals surface area (Å²) in [6.45, 7) is 3.47. The topological polar surface area (TPSA) is 74.8 Å². The summed E-state index contributed by atoms with van der Waals surface area (Å²) >= 11 is 0. The maximum Gasteiger partial charge on any atom is 0.254 e. The quantitative estimate of drug-likeness (QED) is 0.474. The van der Waals surface area contributed by atoms with Gasteiger partial charge >= 0.3 is 0 Å². The summed E-state index contributed by atoms with van der Waals surface area (Å²) in [6.07, 6.45) is 3.77. The normalized spacial score (nSPS) is 18.8. The van der Waals surface area contributed by atoms with E-state index in [0.29, 0.717) is 24.7 Å². The summed E-state index contributed by atoms with van der Waals surface area (Å²) in [5.41, 5.74) is 4.26. The number of hydrogen-bond donors (Lipinski definition) is 1. The fourth-order valence-corrected chi connectivity index (χ4v) is 5.62. The molecule has 3 aromatic rings. The highest BCUT2D eigenvalue weighted by Gasteiger charge is 2.33. The Morgan fingerprint density at radius 2 is 1.50 bits per heavy atom. The summed E-state index contributed by atoms with van der Waals surface area (Å²) in [6, 6.07) is 24.3. The van der Waals surface area contributed by atoms with Crippen LogP contribution >= 0.6 is 0 Å². The number of methoxy groups -OCH3 is 1. The number of hydrogen-bond acceptors (Lipinski definition) is 5. The van der Waals surface area contributed by atoms with Crippen LogP contribution in [0.5, 0.6) is 0 Å². The predicted molar refractivity (Wildman–Crippen MR) is 148 cm³/mol. The molecule has 0 saturated carbocycles. The van der Waals surface area contributed by atoms with E-state index in [4.69, 9.17) is 9.72 Å². The number of carbonyl (C=O) groups excluding carboxylic acids is 2. The third-order valence-corrected chi connectivity index (χ3v) is 7.69. The number of piperidine rings is 2. The fraction of sp³-hybridized carbons (Fsp3) is 0.387. The van der Waals surface area contributed by atoms with Crippen molar-refractivity contribution in [1.29, 1.82) is 0 Å². The minimum absolute atomic E-state index is 0.00296. The second-order valence-corrected chi connectivity index (χ2v) is 10.2. The molecule has 0 bridgehead atoms. The number of aromatic nitrogens is 1. The van der Waals surface area contributed by atoms with Crippen LogP contribution in [0.15, 0.2) is 72.8 Å². The van der Waals surface area contributed by atoms with Crippen molar-refractivity contribution >= 4 is 11.8 Å². The van der Waals surface area contributed by atoms with Gasteiger partial charge in [-0.3, -0.25) is 14.5 Å². The second kappa shape index (κ2) is 12.3. The standard InChI is InChI=1S/C31H36N4O3/c1-38-22-32-30(36)25-13-8-16-35(21-25)27-14-17-34(18-15-27)31(37)26-19-28(23-9-4-2-5-10-23)33-29(20-26)24-11-6-3-7-12-24/h2-7,9-12,19-20,25,27H,8,13-18,21-22H2,1H3,(H,32,36)/t25-/m1/s1. The summed E-state index contributed by atoms with van der Waals surface area (Å²) < 4.78 is 5.00. The van der Waals surface area contributed by atoms with Crippen molar-refractivity contribution in [2.45, 2.75) is 31.7 Å². The van der Waals surface area contributed by atoms with Crippen LogP contribution in [0, 0.1) is 5.92 Å². The van der Waals surface area contributed by atoms with Crippen LogP contribution in [0.1, 0.15) is 36.0 Å². The Balaban J connectivity index is 1.28. The molecule has 2 amide bonds. The van der Waals surface area contributed by atoms with E-state index in [0.717, 1.165) is 61.3 Å². The lowest BCUT2D eigenvalue weighted by Gasteiger charge is -2.42. The number of pyridine rings is 1. The van der Waals surface area contributed by atoms with Crippen molar-refractivity contribution < 1.29 is 14.3 Å². The molecule has 2 aliphatic rings. The van der Waals surface area contributed by atoms with E-state index >= 15 is 0 Å². The number of amides is 2. The van der Waals surface area contributed by atoms with Crippen LogP contribution < -0.4 is 5.32 Å². The Hall–Kier alpha value is -3.55. The molecule has 1 N–H and O–H groups in total. The summed E-state index contributed by atoms with van der Waals surface area (Å²) in [7, 11) is 1.58. The third-order valence-electron chi connectivity index (χ3n) is 7.69. The Kier molecular flexibility index (Phi) is 8.46. The van der Waals surface area contributed by atoms with Gasteiger partial charge in [0.2, 0.25) is 5.91 Å². The van der Waals surface area contributed by atoms with E-state index in [1.807, 2.05) is 77.7 Å². The lowest BCUT2D eigenvalue weighted by molar-refractivity contribution is -0.128. The second-order valence-electron chi connectivity index (χ2n) is 10.2. The average molecular weight is 513 g/mol. The lowest BCUT2D eigenvalue weighted by atomic mass is 9.93. The Labute approximate surface area is 224 Å². The molecular formula is C31H36N4O3. The molecule has 7 heteroatoms. The van der Waals surface area contributed by atoms with Gasteiger partial charge in [-0.25, -0.2) is 4.98 Å². The first-order valence-corrected chi connectivity index (χ1v) is 13.6. The van der Waals surface area contributed by atoms with Crippen molar-refractivity contribution in [2.24, 2.45) is 5.92 Å². The van der Waals surface area contributed by atoms with Crippen molar-refractivity contribution in [3.05, 3.63) is 78.4 Å². The smallest absolute Gasteiger partial charge is 0.254 e. The van der Waals surface area contributed by atoms with E-state index in [-0.39, 0.29) is 24.5 Å². The molecule has 0 aliphatic carbocycles. The zero-order chi connectivity index (χ0) is 26.3. The number of nitrogens with zero attached hydrogens (tertiary/aromatic N) is 3.